The van der Waals surface area contributed by atoms with E-state index in [1.807, 2.05) is 24.7 Å². The molecule has 1 aliphatic heterocycles. The Morgan fingerprint density at radius 2 is 1.89 bits per heavy atom. The lowest BCUT2D eigenvalue weighted by atomic mass is 9.93. The Bertz CT molecular complexity index is 1370. The number of rotatable bonds is 7. The number of benzene rings is 2. The zero-order chi connectivity index (χ0) is 27.1. The number of aromatic nitrogens is 1. The Labute approximate surface area is 236 Å². The van der Waals surface area contributed by atoms with E-state index in [1.54, 1.807) is 29.2 Å². The van der Waals surface area contributed by atoms with Crippen LogP contribution < -0.4 is 4.74 Å². The van der Waals surface area contributed by atoms with E-state index in [0.29, 0.717) is 54.0 Å². The molecule has 2 aromatic carbocycles. The summed E-state index contributed by atoms with van der Waals surface area (Å²) in [6.45, 7) is 2.75. The summed E-state index contributed by atoms with van der Waals surface area (Å²) in [5.41, 5.74) is 3.29. The van der Waals surface area contributed by atoms with Gasteiger partial charge in [-0.15, -0.1) is 0 Å². The van der Waals surface area contributed by atoms with Crippen molar-refractivity contribution in [2.75, 3.05) is 13.1 Å². The maximum Gasteiger partial charge on any atom is 0.451 e. The first-order valence-corrected chi connectivity index (χ1v) is 13.5. The molecule has 2 heterocycles. The molecular formula is C26H25Cl2F2IN2O4. The Morgan fingerprint density at radius 3 is 2.51 bits per heavy atom. The fourth-order valence-electron chi connectivity index (χ4n) is 5.00. The van der Waals surface area contributed by atoms with E-state index < -0.39 is 10.1 Å². The highest BCUT2D eigenvalue weighted by Crippen LogP contribution is 2.37. The van der Waals surface area contributed by atoms with Crippen LogP contribution in [-0.4, -0.2) is 43.7 Å². The average Bonchev–Trinajstić information content (AvgIpc) is 3.10. The van der Waals surface area contributed by atoms with Crippen molar-refractivity contribution in [2.24, 2.45) is 13.0 Å². The van der Waals surface area contributed by atoms with Gasteiger partial charge in [-0.1, -0.05) is 23.2 Å². The predicted octanol–water partition coefficient (Wildman–Crippen LogP) is 7.08. The second-order valence-electron chi connectivity index (χ2n) is 9.35. The largest absolute Gasteiger partial charge is 0.481 e. The number of aliphatic carboxylic acids is 1. The number of fused-ring (bicyclic) bond motifs is 1. The summed E-state index contributed by atoms with van der Waals surface area (Å²) in [5, 5.41) is 10.6. The maximum atomic E-state index is 13.4. The van der Waals surface area contributed by atoms with Crippen LogP contribution in [0, 0.1) is 12.8 Å². The van der Waals surface area contributed by atoms with Gasteiger partial charge in [0.1, 0.15) is 5.75 Å². The number of piperidine rings is 1. The molecule has 0 unspecified atom stereocenters. The summed E-state index contributed by atoms with van der Waals surface area (Å²) in [5.74, 6) is -0.924. The molecule has 0 aliphatic carbocycles. The van der Waals surface area contributed by atoms with Gasteiger partial charge in [0.2, 0.25) is 0 Å². The van der Waals surface area contributed by atoms with E-state index in [9.17, 15) is 18.4 Å². The lowest BCUT2D eigenvalue weighted by molar-refractivity contribution is -0.138. The topological polar surface area (TPSA) is 71.8 Å². The first kappa shape index (κ1) is 27.9. The summed E-state index contributed by atoms with van der Waals surface area (Å²) in [6, 6.07) is 6.40. The smallest absolute Gasteiger partial charge is 0.451 e. The Hall–Kier alpha value is -2.11. The molecule has 1 amide bonds. The van der Waals surface area contributed by atoms with Gasteiger partial charge in [-0.2, -0.15) is 8.78 Å². The van der Waals surface area contributed by atoms with Crippen molar-refractivity contribution in [3.63, 3.8) is 0 Å². The van der Waals surface area contributed by atoms with Crippen molar-refractivity contribution in [3.05, 3.63) is 62.8 Å². The second-order valence-corrected chi connectivity index (χ2v) is 11.4. The lowest BCUT2D eigenvalue weighted by Crippen LogP contribution is -2.39. The van der Waals surface area contributed by atoms with Crippen molar-refractivity contribution >= 4 is 68.6 Å². The maximum absolute atomic E-state index is 13.4. The third-order valence-corrected chi connectivity index (χ3v) is 7.73. The van der Waals surface area contributed by atoms with Gasteiger partial charge in [0.05, 0.1) is 38.7 Å². The number of alkyl halides is 3. The number of halogens is 5. The van der Waals surface area contributed by atoms with Crippen LogP contribution in [0.25, 0.3) is 10.9 Å². The number of hydrogen-bond donors (Lipinski definition) is 1. The second kappa shape index (κ2) is 10.9. The lowest BCUT2D eigenvalue weighted by Gasteiger charge is -2.31. The molecule has 1 N–H and O–H groups in total. The molecule has 0 bridgehead atoms. The predicted molar refractivity (Wildman–Crippen MR) is 147 cm³/mol. The number of ether oxygens (including phenoxy) is 1. The molecule has 3 aromatic rings. The molecule has 6 nitrogen and oxygen atoms in total. The van der Waals surface area contributed by atoms with Crippen LogP contribution in [0.4, 0.5) is 8.78 Å². The molecule has 0 saturated carbocycles. The van der Waals surface area contributed by atoms with Crippen LogP contribution in [0.15, 0.2) is 30.5 Å². The number of hydrogen-bond acceptors (Lipinski definition) is 3. The minimum atomic E-state index is -3.33. The van der Waals surface area contributed by atoms with Crippen LogP contribution in [0.3, 0.4) is 0 Å². The third kappa shape index (κ3) is 6.31. The van der Waals surface area contributed by atoms with Crippen molar-refractivity contribution < 1.29 is 28.2 Å². The average molecular weight is 665 g/mol. The van der Waals surface area contributed by atoms with Gasteiger partial charge < -0.3 is 19.3 Å². The van der Waals surface area contributed by atoms with E-state index in [0.717, 1.165) is 39.1 Å². The summed E-state index contributed by atoms with van der Waals surface area (Å²) >= 11 is 14.2. The van der Waals surface area contributed by atoms with Crippen LogP contribution in [-0.2, 0) is 18.3 Å². The number of amides is 1. The third-order valence-electron chi connectivity index (χ3n) is 6.72. The fraction of sp³-hybridized carbons (Fsp3) is 0.385. The van der Waals surface area contributed by atoms with Gasteiger partial charge in [-0.25, -0.2) is 0 Å². The minimum Gasteiger partial charge on any atom is -0.481 e. The van der Waals surface area contributed by atoms with Gasteiger partial charge in [0.25, 0.3) is 5.91 Å². The number of likely N-dealkylation sites (tertiary alicyclic amines) is 1. The molecule has 1 fully saturated rings. The molecule has 1 saturated heterocycles. The number of aryl methyl sites for hydroxylation is 2. The van der Waals surface area contributed by atoms with Gasteiger partial charge in [-0.3, -0.25) is 9.59 Å². The number of carbonyl (C=O) groups is 2. The Balaban J connectivity index is 1.62. The molecule has 0 spiro atoms. The number of nitrogens with zero attached hydrogens (tertiary/aromatic N) is 2. The molecule has 4 rings (SSSR count). The normalized spacial score (nSPS) is 14.8. The molecule has 37 heavy (non-hydrogen) atoms. The highest BCUT2D eigenvalue weighted by atomic mass is 127. The van der Waals surface area contributed by atoms with Gasteiger partial charge in [0.15, 0.2) is 0 Å². The van der Waals surface area contributed by atoms with Crippen LogP contribution in [0.2, 0.25) is 10.0 Å². The zero-order valence-corrected chi connectivity index (χ0v) is 23.8. The van der Waals surface area contributed by atoms with E-state index in [-0.39, 0.29) is 29.0 Å². The number of carboxylic acid groups (broad SMARTS) is 1. The van der Waals surface area contributed by atoms with Crippen molar-refractivity contribution in [3.8, 4) is 5.75 Å². The van der Waals surface area contributed by atoms with E-state index in [2.05, 4.69) is 0 Å². The molecule has 11 heteroatoms. The van der Waals surface area contributed by atoms with E-state index >= 15 is 0 Å². The molecule has 0 radical (unpaired) electrons. The minimum absolute atomic E-state index is 0.0569. The van der Waals surface area contributed by atoms with Gasteiger partial charge in [-0.05, 0) is 60.6 Å². The van der Waals surface area contributed by atoms with Gasteiger partial charge in [0, 0.05) is 55.7 Å². The monoisotopic (exact) mass is 664 g/mol. The molecular weight excluding hydrogens is 640 g/mol. The van der Waals surface area contributed by atoms with E-state index in [1.165, 1.54) is 0 Å². The summed E-state index contributed by atoms with van der Waals surface area (Å²) in [6.07, 6.45) is 3.58. The standard InChI is InChI=1S/C26H25Cl2F2IN2O4/c1-14-9-17(37-26(29,30)31)12-21-23(14)16(13-32(21)2)11-19-20(27)4-3-18(24(19)28)25(36)33-7-5-15(6-8-33)10-22(34)35/h3-4,9,12-13,15H,5-8,10-11H2,1-2H3,(H,34,35). The molecule has 198 valence electrons. The van der Waals surface area contributed by atoms with Crippen LogP contribution >= 0.6 is 45.8 Å². The Kier molecular flexibility index (Phi) is 8.25. The number of carboxylic acids is 1. The van der Waals surface area contributed by atoms with Crippen LogP contribution in [0.1, 0.15) is 46.3 Å². The quantitative estimate of drug-likeness (QED) is 0.217. The number of carbonyl (C=O) groups excluding carboxylic acids is 1. The van der Waals surface area contributed by atoms with Crippen molar-refractivity contribution in [1.29, 1.82) is 0 Å². The highest BCUT2D eigenvalue weighted by molar-refractivity contribution is 14.1. The first-order valence-electron chi connectivity index (χ1n) is 11.7. The van der Waals surface area contributed by atoms with Crippen molar-refractivity contribution in [2.45, 2.75) is 36.7 Å². The summed E-state index contributed by atoms with van der Waals surface area (Å²) in [7, 11) is 1.81. The van der Waals surface area contributed by atoms with Gasteiger partial charge >= 0.3 is 10.1 Å². The van der Waals surface area contributed by atoms with E-state index in [4.69, 9.17) is 33.0 Å². The molecule has 1 aliphatic rings. The van der Waals surface area contributed by atoms with Crippen molar-refractivity contribution in [1.82, 2.24) is 9.47 Å². The molecule has 0 atom stereocenters. The highest BCUT2D eigenvalue weighted by Gasteiger charge is 2.29. The fourth-order valence-corrected chi connectivity index (χ4v) is 5.84. The molecule has 1 aromatic heterocycles. The van der Waals surface area contributed by atoms with Crippen LogP contribution in [0.5, 0.6) is 5.75 Å². The SMILES string of the molecule is Cc1cc(OC(F)(F)I)cc2c1c(Cc1c(Cl)ccc(C(=O)N3CCC(CC(=O)O)CC3)c1Cl)cn2C. The summed E-state index contributed by atoms with van der Waals surface area (Å²) in [4.78, 5) is 26.0. The first-order chi connectivity index (χ1) is 17.3. The summed E-state index contributed by atoms with van der Waals surface area (Å²) < 4.78 is 30.1. The Morgan fingerprint density at radius 1 is 1.22 bits per heavy atom. The zero-order valence-electron chi connectivity index (χ0n) is 20.2.